The van der Waals surface area contributed by atoms with E-state index in [0.717, 1.165) is 0 Å². The largest absolute Gasteiger partial charge is 0.387 e. The molecule has 1 aliphatic heterocycles. The number of hydrogen-bond donors (Lipinski definition) is 2. The standard InChI is InChI=1S/C8H10BFO3/c9-5-4(10)8(12)2-3-1-7(3,11)6(8)13-5/h3-6,11-12H,1-2H2/t3-,4-,5+,6+,7+,8-/m0/s1. The van der Waals surface area contributed by atoms with Gasteiger partial charge < -0.3 is 14.9 Å². The highest BCUT2D eigenvalue weighted by atomic mass is 19.1. The van der Waals surface area contributed by atoms with E-state index in [1.807, 2.05) is 0 Å². The van der Waals surface area contributed by atoms with Gasteiger partial charge in [0, 0.05) is 0 Å². The number of ether oxygens (including phenoxy) is 1. The summed E-state index contributed by atoms with van der Waals surface area (Å²) in [5, 5.41) is 19.7. The topological polar surface area (TPSA) is 49.7 Å². The Morgan fingerprint density at radius 1 is 1.31 bits per heavy atom. The fourth-order valence-corrected chi connectivity index (χ4v) is 2.84. The van der Waals surface area contributed by atoms with E-state index in [1.54, 1.807) is 0 Å². The number of halogens is 1. The smallest absolute Gasteiger partial charge is 0.149 e. The van der Waals surface area contributed by atoms with Gasteiger partial charge in [0.2, 0.25) is 0 Å². The molecule has 70 valence electrons. The third-order valence-electron chi connectivity index (χ3n) is 3.66. The van der Waals surface area contributed by atoms with Crippen LogP contribution in [-0.2, 0) is 4.74 Å². The van der Waals surface area contributed by atoms with E-state index in [0.29, 0.717) is 6.42 Å². The van der Waals surface area contributed by atoms with Crippen LogP contribution in [0.15, 0.2) is 0 Å². The first-order chi connectivity index (χ1) is 5.98. The van der Waals surface area contributed by atoms with Crippen molar-refractivity contribution in [3.8, 4) is 0 Å². The molecule has 1 heterocycles. The van der Waals surface area contributed by atoms with Crippen molar-refractivity contribution in [2.75, 3.05) is 0 Å². The van der Waals surface area contributed by atoms with Crippen molar-refractivity contribution in [2.45, 2.75) is 42.3 Å². The maximum atomic E-state index is 13.4. The van der Waals surface area contributed by atoms with Crippen LogP contribution in [0.4, 0.5) is 4.39 Å². The maximum absolute atomic E-state index is 13.4. The molecule has 3 aliphatic rings. The average Bonchev–Trinajstić information content (AvgIpc) is 2.56. The van der Waals surface area contributed by atoms with Crippen LogP contribution in [0.3, 0.4) is 0 Å². The van der Waals surface area contributed by atoms with E-state index in [2.05, 4.69) is 0 Å². The molecule has 6 atom stereocenters. The summed E-state index contributed by atoms with van der Waals surface area (Å²) >= 11 is 0. The first-order valence-electron chi connectivity index (χ1n) is 4.48. The zero-order valence-corrected chi connectivity index (χ0v) is 6.98. The lowest BCUT2D eigenvalue weighted by atomic mass is 9.84. The Hall–Kier alpha value is -0.125. The maximum Gasteiger partial charge on any atom is 0.149 e. The van der Waals surface area contributed by atoms with E-state index >= 15 is 0 Å². The number of alkyl halides is 1. The molecule has 2 radical (unpaired) electrons. The number of aliphatic hydroxyl groups is 2. The van der Waals surface area contributed by atoms with Crippen LogP contribution in [0.1, 0.15) is 12.8 Å². The van der Waals surface area contributed by atoms with Gasteiger partial charge in [0.05, 0.1) is 11.6 Å². The molecule has 5 heteroatoms. The summed E-state index contributed by atoms with van der Waals surface area (Å²) in [4.78, 5) is 0. The minimum Gasteiger partial charge on any atom is -0.387 e. The summed E-state index contributed by atoms with van der Waals surface area (Å²) in [6, 6.07) is -1.10. The molecule has 0 aromatic rings. The second-order valence-corrected chi connectivity index (χ2v) is 4.47. The van der Waals surface area contributed by atoms with Crippen molar-refractivity contribution in [1.82, 2.24) is 0 Å². The summed E-state index contributed by atoms with van der Waals surface area (Å²) in [7, 11) is 5.33. The lowest BCUT2D eigenvalue weighted by Crippen LogP contribution is -2.47. The van der Waals surface area contributed by atoms with Crippen LogP contribution in [0.2, 0.25) is 0 Å². The molecular formula is C8H10BFO3. The van der Waals surface area contributed by atoms with Crippen molar-refractivity contribution in [2.24, 2.45) is 5.92 Å². The molecule has 0 aromatic heterocycles. The quantitative estimate of drug-likeness (QED) is 0.480. The van der Waals surface area contributed by atoms with Gasteiger partial charge in [-0.2, -0.15) is 0 Å². The van der Waals surface area contributed by atoms with Gasteiger partial charge in [0.25, 0.3) is 0 Å². The lowest BCUT2D eigenvalue weighted by Gasteiger charge is -2.27. The van der Waals surface area contributed by atoms with Crippen LogP contribution in [0.5, 0.6) is 0 Å². The highest BCUT2D eigenvalue weighted by Gasteiger charge is 2.77. The Balaban J connectivity index is 1.99. The van der Waals surface area contributed by atoms with Crippen LogP contribution in [0.25, 0.3) is 0 Å². The predicted molar refractivity (Wildman–Crippen MR) is 41.9 cm³/mol. The summed E-state index contributed by atoms with van der Waals surface area (Å²) < 4.78 is 18.5. The minimum absolute atomic E-state index is 0.00625. The zero-order valence-electron chi connectivity index (χ0n) is 6.98. The SMILES string of the molecule is [B][C@@H]1O[C@@H]2[C@@]3(O)C[C@H]3C[C@]2(O)[C@H]1F. The average molecular weight is 184 g/mol. The molecule has 13 heavy (non-hydrogen) atoms. The number of rotatable bonds is 0. The first-order valence-corrected chi connectivity index (χ1v) is 4.48. The molecule has 0 amide bonds. The fourth-order valence-electron chi connectivity index (χ4n) is 2.84. The monoisotopic (exact) mass is 184 g/mol. The van der Waals surface area contributed by atoms with Crippen molar-refractivity contribution in [3.63, 3.8) is 0 Å². The molecular weight excluding hydrogens is 174 g/mol. The lowest BCUT2D eigenvalue weighted by molar-refractivity contribution is -0.0946. The molecule has 2 saturated carbocycles. The van der Waals surface area contributed by atoms with Gasteiger partial charge in [-0.3, -0.25) is 0 Å². The Morgan fingerprint density at radius 3 is 2.54 bits per heavy atom. The zero-order chi connectivity index (χ0) is 9.43. The third-order valence-corrected chi connectivity index (χ3v) is 3.66. The van der Waals surface area contributed by atoms with E-state index in [4.69, 9.17) is 12.6 Å². The molecule has 2 N–H and O–H groups in total. The molecule has 3 nitrogen and oxygen atoms in total. The first kappa shape index (κ1) is 8.21. The summed E-state index contributed by atoms with van der Waals surface area (Å²) in [5.41, 5.74) is -2.55. The van der Waals surface area contributed by atoms with Crippen molar-refractivity contribution >= 4 is 7.85 Å². The second kappa shape index (κ2) is 1.94. The van der Waals surface area contributed by atoms with Gasteiger partial charge in [0.15, 0.2) is 0 Å². The van der Waals surface area contributed by atoms with Gasteiger partial charge in [0.1, 0.15) is 25.7 Å². The van der Waals surface area contributed by atoms with Crippen molar-refractivity contribution in [1.29, 1.82) is 0 Å². The molecule has 1 saturated heterocycles. The number of fused-ring (bicyclic) bond motifs is 3. The highest BCUT2D eigenvalue weighted by molar-refractivity contribution is 6.11. The van der Waals surface area contributed by atoms with E-state index in [1.165, 1.54) is 0 Å². The van der Waals surface area contributed by atoms with Crippen molar-refractivity contribution in [3.05, 3.63) is 0 Å². The fraction of sp³-hybridized carbons (Fsp3) is 1.00. The van der Waals surface area contributed by atoms with E-state index in [-0.39, 0.29) is 12.3 Å². The number of hydrogen-bond acceptors (Lipinski definition) is 3. The Bertz CT molecular complexity index is 276. The summed E-state index contributed by atoms with van der Waals surface area (Å²) in [6.45, 7) is 0. The van der Waals surface area contributed by atoms with Gasteiger partial charge in [-0.05, 0) is 18.8 Å². The van der Waals surface area contributed by atoms with Gasteiger partial charge >= 0.3 is 0 Å². The van der Waals surface area contributed by atoms with E-state index in [9.17, 15) is 14.6 Å². The minimum atomic E-state index is -1.57. The highest BCUT2D eigenvalue weighted by Crippen LogP contribution is 2.64. The molecule has 0 unspecified atom stereocenters. The van der Waals surface area contributed by atoms with Crippen LogP contribution < -0.4 is 0 Å². The van der Waals surface area contributed by atoms with Crippen LogP contribution in [0, 0.1) is 5.92 Å². The van der Waals surface area contributed by atoms with Crippen molar-refractivity contribution < 1.29 is 19.3 Å². The van der Waals surface area contributed by atoms with E-state index < -0.39 is 29.5 Å². The molecule has 0 bridgehead atoms. The second-order valence-electron chi connectivity index (χ2n) is 4.47. The summed E-state index contributed by atoms with van der Waals surface area (Å²) in [6.07, 6.45) is -1.54. The van der Waals surface area contributed by atoms with Gasteiger partial charge in [-0.1, -0.05) is 0 Å². The third kappa shape index (κ3) is 0.728. The van der Waals surface area contributed by atoms with Crippen LogP contribution >= 0.6 is 0 Å². The Morgan fingerprint density at radius 2 is 1.92 bits per heavy atom. The Labute approximate surface area is 76.3 Å². The van der Waals surface area contributed by atoms with Gasteiger partial charge in [-0.15, -0.1) is 0 Å². The predicted octanol–water partition coefficient (Wildman–Crippen LogP) is -0.896. The summed E-state index contributed by atoms with van der Waals surface area (Å²) in [5.74, 6) is -0.00625. The van der Waals surface area contributed by atoms with Gasteiger partial charge in [-0.25, -0.2) is 4.39 Å². The molecule has 3 fully saturated rings. The molecule has 2 aliphatic carbocycles. The Kier molecular flexibility index (Phi) is 1.23. The van der Waals surface area contributed by atoms with Crippen LogP contribution in [-0.4, -0.2) is 47.5 Å². The molecule has 3 rings (SSSR count). The molecule has 0 spiro atoms. The normalized spacial score (nSPS) is 69.2. The molecule has 0 aromatic carbocycles.